The number of nitrogens with zero attached hydrogens (tertiary/aromatic N) is 3. The van der Waals surface area contributed by atoms with Gasteiger partial charge < -0.3 is 15.0 Å². The second-order valence-corrected chi connectivity index (χ2v) is 7.67. The maximum atomic E-state index is 13.4. The fraction of sp³-hybridized carbons (Fsp3) is 0.160. The maximum absolute atomic E-state index is 13.4. The van der Waals surface area contributed by atoms with Gasteiger partial charge in [0.2, 0.25) is 0 Å². The van der Waals surface area contributed by atoms with Gasteiger partial charge in [-0.1, -0.05) is 12.1 Å². The van der Waals surface area contributed by atoms with Crippen LogP contribution in [0.25, 0.3) is 11.0 Å². The van der Waals surface area contributed by atoms with Gasteiger partial charge in [0.25, 0.3) is 5.91 Å². The van der Waals surface area contributed by atoms with Crippen LogP contribution in [0.1, 0.15) is 23.2 Å². The van der Waals surface area contributed by atoms with Crippen LogP contribution in [0.2, 0.25) is 0 Å². The number of fused-ring (bicyclic) bond motifs is 1. The number of halogens is 1. The summed E-state index contributed by atoms with van der Waals surface area (Å²) in [6, 6.07) is 18.2. The van der Waals surface area contributed by atoms with Crippen LogP contribution in [0.3, 0.4) is 0 Å². The topological polar surface area (TPSA) is 67.3 Å². The van der Waals surface area contributed by atoms with E-state index in [1.807, 2.05) is 24.4 Å². The second-order valence-electron chi connectivity index (χ2n) is 7.67. The fourth-order valence-corrected chi connectivity index (χ4v) is 3.75. The molecule has 3 aromatic carbocycles. The number of hydrogen-bond donors (Lipinski definition) is 1. The van der Waals surface area contributed by atoms with Crippen LogP contribution in [0.4, 0.5) is 15.9 Å². The Labute approximate surface area is 184 Å². The molecule has 0 spiro atoms. The standard InChI is InChI=1S/C25H21FN4O2/c26-18-6-3-5-17(13-18)25(31)28-19-7-4-8-20(14-19)32-21-9-10-22-23(15-21)29-24(16-27-22)30-11-1-2-12-30/h3-10,13-16H,1-2,11-12H2,(H,28,31). The Morgan fingerprint density at radius 1 is 0.938 bits per heavy atom. The summed E-state index contributed by atoms with van der Waals surface area (Å²) in [5.41, 5.74) is 2.37. The number of nitrogens with one attached hydrogen (secondary N) is 1. The zero-order valence-electron chi connectivity index (χ0n) is 17.3. The molecule has 1 saturated heterocycles. The molecule has 0 radical (unpaired) electrons. The van der Waals surface area contributed by atoms with Gasteiger partial charge >= 0.3 is 0 Å². The van der Waals surface area contributed by atoms with E-state index in [0.717, 1.165) is 29.9 Å². The molecule has 0 atom stereocenters. The molecular weight excluding hydrogens is 407 g/mol. The van der Waals surface area contributed by atoms with Crippen molar-refractivity contribution in [3.8, 4) is 11.5 Å². The van der Waals surface area contributed by atoms with Crippen molar-refractivity contribution in [3.63, 3.8) is 0 Å². The molecule has 0 saturated carbocycles. The number of rotatable bonds is 5. The first-order valence-corrected chi connectivity index (χ1v) is 10.5. The third-order valence-electron chi connectivity index (χ3n) is 5.35. The van der Waals surface area contributed by atoms with Gasteiger partial charge in [-0.15, -0.1) is 0 Å². The molecule has 1 aliphatic rings. The van der Waals surface area contributed by atoms with E-state index in [9.17, 15) is 9.18 Å². The minimum atomic E-state index is -0.456. The van der Waals surface area contributed by atoms with Gasteiger partial charge in [-0.2, -0.15) is 0 Å². The highest BCUT2D eigenvalue weighted by Crippen LogP contribution is 2.28. The highest BCUT2D eigenvalue weighted by Gasteiger charge is 2.14. The third-order valence-corrected chi connectivity index (χ3v) is 5.35. The SMILES string of the molecule is O=C(Nc1cccc(Oc2ccc3ncc(N4CCCC4)nc3c2)c1)c1cccc(F)c1. The van der Waals surface area contributed by atoms with Crippen LogP contribution in [-0.4, -0.2) is 29.0 Å². The molecule has 0 aliphatic carbocycles. The summed E-state index contributed by atoms with van der Waals surface area (Å²) < 4.78 is 19.4. The van der Waals surface area contributed by atoms with Crippen molar-refractivity contribution in [2.24, 2.45) is 0 Å². The van der Waals surface area contributed by atoms with Crippen molar-refractivity contribution in [2.75, 3.05) is 23.3 Å². The van der Waals surface area contributed by atoms with Gasteiger partial charge in [-0.05, 0) is 55.3 Å². The van der Waals surface area contributed by atoms with E-state index in [4.69, 9.17) is 9.72 Å². The summed E-state index contributed by atoms with van der Waals surface area (Å²) in [7, 11) is 0. The summed E-state index contributed by atoms with van der Waals surface area (Å²) in [6.45, 7) is 2.01. The van der Waals surface area contributed by atoms with Crippen molar-refractivity contribution in [1.29, 1.82) is 0 Å². The molecule has 5 rings (SSSR count). The number of benzene rings is 3. The van der Waals surface area contributed by atoms with Gasteiger partial charge in [-0.3, -0.25) is 9.78 Å². The number of anilines is 2. The van der Waals surface area contributed by atoms with E-state index in [2.05, 4.69) is 15.2 Å². The van der Waals surface area contributed by atoms with E-state index in [1.165, 1.54) is 31.0 Å². The van der Waals surface area contributed by atoms with Gasteiger partial charge in [-0.25, -0.2) is 9.37 Å². The Morgan fingerprint density at radius 3 is 2.59 bits per heavy atom. The molecule has 1 amide bonds. The molecule has 1 N–H and O–H groups in total. The van der Waals surface area contributed by atoms with E-state index in [0.29, 0.717) is 17.2 Å². The fourth-order valence-electron chi connectivity index (χ4n) is 3.75. The first-order valence-electron chi connectivity index (χ1n) is 10.5. The van der Waals surface area contributed by atoms with Gasteiger partial charge in [0.1, 0.15) is 23.1 Å². The first-order chi connectivity index (χ1) is 15.6. The summed E-state index contributed by atoms with van der Waals surface area (Å²) in [4.78, 5) is 23.9. The molecule has 1 aromatic heterocycles. The minimum absolute atomic E-state index is 0.248. The van der Waals surface area contributed by atoms with Crippen molar-refractivity contribution >= 4 is 28.4 Å². The lowest BCUT2D eigenvalue weighted by molar-refractivity contribution is 0.102. The van der Waals surface area contributed by atoms with Crippen molar-refractivity contribution in [2.45, 2.75) is 12.8 Å². The van der Waals surface area contributed by atoms with Crippen LogP contribution in [-0.2, 0) is 0 Å². The number of ether oxygens (including phenoxy) is 1. The highest BCUT2D eigenvalue weighted by atomic mass is 19.1. The average Bonchev–Trinajstić information content (AvgIpc) is 3.34. The van der Waals surface area contributed by atoms with Crippen molar-refractivity contribution in [3.05, 3.63) is 84.3 Å². The maximum Gasteiger partial charge on any atom is 0.255 e. The quantitative estimate of drug-likeness (QED) is 0.460. The lowest BCUT2D eigenvalue weighted by atomic mass is 10.2. The predicted octanol–water partition coefficient (Wildman–Crippen LogP) is 5.41. The Balaban J connectivity index is 1.34. The Hall–Kier alpha value is -4.00. The molecule has 0 bridgehead atoms. The lowest BCUT2D eigenvalue weighted by Crippen LogP contribution is -2.19. The third kappa shape index (κ3) is 4.37. The molecule has 160 valence electrons. The van der Waals surface area contributed by atoms with Crippen LogP contribution in [0.5, 0.6) is 11.5 Å². The number of aromatic nitrogens is 2. The van der Waals surface area contributed by atoms with Gasteiger partial charge in [0.05, 0.1) is 17.2 Å². The smallest absolute Gasteiger partial charge is 0.255 e. The van der Waals surface area contributed by atoms with Gasteiger partial charge in [0, 0.05) is 36.5 Å². The zero-order valence-corrected chi connectivity index (χ0v) is 17.3. The van der Waals surface area contributed by atoms with Crippen molar-refractivity contribution in [1.82, 2.24) is 9.97 Å². The lowest BCUT2D eigenvalue weighted by Gasteiger charge is -2.16. The van der Waals surface area contributed by atoms with E-state index < -0.39 is 11.7 Å². The second kappa shape index (κ2) is 8.63. The Kier molecular flexibility index (Phi) is 5.37. The number of carbonyl (C=O) groups excluding carboxylic acids is 1. The largest absolute Gasteiger partial charge is 0.457 e. The molecule has 4 aromatic rings. The molecule has 1 aliphatic heterocycles. The zero-order chi connectivity index (χ0) is 21.9. The highest BCUT2D eigenvalue weighted by molar-refractivity contribution is 6.04. The average molecular weight is 428 g/mol. The Bertz CT molecular complexity index is 1290. The summed E-state index contributed by atoms with van der Waals surface area (Å²) in [5, 5.41) is 2.77. The normalized spacial score (nSPS) is 13.3. The van der Waals surface area contributed by atoms with Crippen LogP contribution in [0, 0.1) is 5.82 Å². The molecule has 0 unspecified atom stereocenters. The molecular formula is C25H21FN4O2. The van der Waals surface area contributed by atoms with E-state index in [-0.39, 0.29) is 5.56 Å². The number of hydrogen-bond acceptors (Lipinski definition) is 5. The van der Waals surface area contributed by atoms with E-state index >= 15 is 0 Å². The predicted molar refractivity (Wildman–Crippen MR) is 122 cm³/mol. The monoisotopic (exact) mass is 428 g/mol. The van der Waals surface area contributed by atoms with Crippen LogP contribution in [0.15, 0.2) is 72.9 Å². The van der Waals surface area contributed by atoms with Crippen LogP contribution < -0.4 is 15.0 Å². The van der Waals surface area contributed by atoms with Crippen molar-refractivity contribution < 1.29 is 13.9 Å². The molecule has 32 heavy (non-hydrogen) atoms. The molecule has 6 nitrogen and oxygen atoms in total. The molecule has 1 fully saturated rings. The minimum Gasteiger partial charge on any atom is -0.457 e. The summed E-state index contributed by atoms with van der Waals surface area (Å²) in [5.74, 6) is 1.22. The number of amides is 1. The molecule has 7 heteroatoms. The summed E-state index contributed by atoms with van der Waals surface area (Å²) in [6.07, 6.45) is 4.17. The van der Waals surface area contributed by atoms with E-state index in [1.54, 1.807) is 30.3 Å². The molecule has 2 heterocycles. The number of carbonyl (C=O) groups is 1. The summed E-state index contributed by atoms with van der Waals surface area (Å²) >= 11 is 0. The van der Waals surface area contributed by atoms with Gasteiger partial charge in [0.15, 0.2) is 0 Å². The Morgan fingerprint density at radius 2 is 1.75 bits per heavy atom. The first kappa shape index (κ1) is 19.9. The van der Waals surface area contributed by atoms with Crippen LogP contribution >= 0.6 is 0 Å².